The minimum atomic E-state index is -0.436. The number of methoxy groups -OCH3 is 2. The molecule has 92 valence electrons. The average molecular weight is 230 g/mol. The highest BCUT2D eigenvalue weighted by Crippen LogP contribution is 2.35. The van der Waals surface area contributed by atoms with Gasteiger partial charge in [-0.1, -0.05) is 0 Å². The van der Waals surface area contributed by atoms with Crippen molar-refractivity contribution in [3.8, 4) is 0 Å². The number of hydrogen-bond donors (Lipinski definition) is 0. The molecule has 5 heteroatoms. The SMILES string of the molecule is CCOC1C[C@@H](C(=O)OC)[C@H](C(=O)OC)C1. The molecule has 0 aliphatic heterocycles. The van der Waals surface area contributed by atoms with E-state index in [4.69, 9.17) is 4.74 Å². The summed E-state index contributed by atoms with van der Waals surface area (Å²) in [6.45, 7) is 2.46. The Morgan fingerprint density at radius 1 is 1.06 bits per heavy atom. The van der Waals surface area contributed by atoms with E-state index in [2.05, 4.69) is 9.47 Å². The van der Waals surface area contributed by atoms with Crippen LogP contribution in [-0.4, -0.2) is 38.9 Å². The molecule has 1 aliphatic carbocycles. The molecule has 0 amide bonds. The first-order chi connectivity index (χ1) is 7.63. The summed E-state index contributed by atoms with van der Waals surface area (Å²) in [4.78, 5) is 23.0. The van der Waals surface area contributed by atoms with Gasteiger partial charge in [-0.25, -0.2) is 0 Å². The molecular weight excluding hydrogens is 212 g/mol. The summed E-state index contributed by atoms with van der Waals surface area (Å²) in [5.41, 5.74) is 0. The molecule has 2 atom stereocenters. The summed E-state index contributed by atoms with van der Waals surface area (Å²) >= 11 is 0. The summed E-state index contributed by atoms with van der Waals surface area (Å²) in [6, 6.07) is 0. The van der Waals surface area contributed by atoms with Crippen molar-refractivity contribution < 1.29 is 23.8 Å². The molecule has 0 aromatic heterocycles. The zero-order chi connectivity index (χ0) is 12.1. The number of carbonyl (C=O) groups is 2. The lowest BCUT2D eigenvalue weighted by atomic mass is 9.96. The molecule has 0 unspecified atom stereocenters. The molecule has 0 heterocycles. The first-order valence-corrected chi connectivity index (χ1v) is 5.41. The molecule has 0 N–H and O–H groups in total. The van der Waals surface area contributed by atoms with Crippen molar-refractivity contribution in [2.45, 2.75) is 25.9 Å². The van der Waals surface area contributed by atoms with Crippen molar-refractivity contribution in [2.75, 3.05) is 20.8 Å². The fourth-order valence-corrected chi connectivity index (χ4v) is 2.19. The van der Waals surface area contributed by atoms with Crippen LogP contribution in [0.2, 0.25) is 0 Å². The first kappa shape index (κ1) is 13.0. The number of hydrogen-bond acceptors (Lipinski definition) is 5. The fraction of sp³-hybridized carbons (Fsp3) is 0.818. The van der Waals surface area contributed by atoms with E-state index in [1.807, 2.05) is 6.92 Å². The van der Waals surface area contributed by atoms with Crippen LogP contribution in [-0.2, 0) is 23.8 Å². The average Bonchev–Trinajstić information content (AvgIpc) is 2.71. The van der Waals surface area contributed by atoms with Crippen LogP contribution in [0.4, 0.5) is 0 Å². The first-order valence-electron chi connectivity index (χ1n) is 5.41. The van der Waals surface area contributed by atoms with E-state index < -0.39 is 11.8 Å². The van der Waals surface area contributed by atoms with E-state index in [-0.39, 0.29) is 18.0 Å². The second kappa shape index (κ2) is 5.84. The van der Waals surface area contributed by atoms with E-state index >= 15 is 0 Å². The van der Waals surface area contributed by atoms with Crippen LogP contribution in [0.3, 0.4) is 0 Å². The zero-order valence-electron chi connectivity index (χ0n) is 9.89. The van der Waals surface area contributed by atoms with Gasteiger partial charge in [0.05, 0.1) is 32.2 Å². The molecule has 0 aromatic carbocycles. The van der Waals surface area contributed by atoms with Crippen LogP contribution in [0.15, 0.2) is 0 Å². The van der Waals surface area contributed by atoms with Gasteiger partial charge in [0.1, 0.15) is 0 Å². The topological polar surface area (TPSA) is 61.8 Å². The van der Waals surface area contributed by atoms with E-state index in [0.29, 0.717) is 19.4 Å². The van der Waals surface area contributed by atoms with Gasteiger partial charge in [0.2, 0.25) is 0 Å². The van der Waals surface area contributed by atoms with Crippen LogP contribution in [0.1, 0.15) is 19.8 Å². The quantitative estimate of drug-likeness (QED) is 0.667. The summed E-state index contributed by atoms with van der Waals surface area (Å²) in [6.07, 6.45) is 0.999. The fourth-order valence-electron chi connectivity index (χ4n) is 2.19. The maximum Gasteiger partial charge on any atom is 0.309 e. The third-order valence-electron chi connectivity index (χ3n) is 2.93. The predicted octanol–water partition coefficient (Wildman–Crippen LogP) is 0.764. The van der Waals surface area contributed by atoms with Crippen molar-refractivity contribution >= 4 is 11.9 Å². The highest BCUT2D eigenvalue weighted by molar-refractivity contribution is 5.82. The highest BCUT2D eigenvalue weighted by Gasteiger charge is 2.44. The Hall–Kier alpha value is -1.10. The monoisotopic (exact) mass is 230 g/mol. The van der Waals surface area contributed by atoms with E-state index in [9.17, 15) is 9.59 Å². The lowest BCUT2D eigenvalue weighted by Gasteiger charge is -2.13. The molecule has 0 aromatic rings. The van der Waals surface area contributed by atoms with E-state index in [1.165, 1.54) is 14.2 Å². The number of carbonyl (C=O) groups excluding carboxylic acids is 2. The van der Waals surface area contributed by atoms with Gasteiger partial charge in [-0.2, -0.15) is 0 Å². The van der Waals surface area contributed by atoms with Crippen LogP contribution >= 0.6 is 0 Å². The standard InChI is InChI=1S/C11H18O5/c1-4-16-7-5-8(10(12)14-2)9(6-7)11(13)15-3/h7-9H,4-6H2,1-3H3/t8-,9-/m1/s1. The van der Waals surface area contributed by atoms with Crippen LogP contribution in [0.25, 0.3) is 0 Å². The molecule has 0 bridgehead atoms. The molecule has 1 fully saturated rings. The van der Waals surface area contributed by atoms with E-state index in [0.717, 1.165) is 0 Å². The van der Waals surface area contributed by atoms with Crippen molar-refractivity contribution in [2.24, 2.45) is 11.8 Å². The summed E-state index contributed by atoms with van der Waals surface area (Å²) in [5.74, 6) is -1.60. The third kappa shape index (κ3) is 2.72. The molecule has 0 radical (unpaired) electrons. The van der Waals surface area contributed by atoms with Crippen molar-refractivity contribution in [1.29, 1.82) is 0 Å². The lowest BCUT2D eigenvalue weighted by Crippen LogP contribution is -2.27. The predicted molar refractivity (Wildman–Crippen MR) is 55.7 cm³/mol. The van der Waals surface area contributed by atoms with Gasteiger partial charge in [-0.05, 0) is 19.8 Å². The van der Waals surface area contributed by atoms with Gasteiger partial charge in [-0.15, -0.1) is 0 Å². The molecule has 5 nitrogen and oxygen atoms in total. The minimum Gasteiger partial charge on any atom is -0.469 e. The van der Waals surface area contributed by atoms with Crippen molar-refractivity contribution in [3.63, 3.8) is 0 Å². The Morgan fingerprint density at radius 3 is 1.81 bits per heavy atom. The normalized spacial score (nSPS) is 25.4. The van der Waals surface area contributed by atoms with Gasteiger partial charge in [0, 0.05) is 6.61 Å². The molecule has 0 saturated heterocycles. The van der Waals surface area contributed by atoms with E-state index in [1.54, 1.807) is 0 Å². The Morgan fingerprint density at radius 2 is 1.50 bits per heavy atom. The van der Waals surface area contributed by atoms with Crippen LogP contribution in [0, 0.1) is 11.8 Å². The zero-order valence-corrected chi connectivity index (χ0v) is 9.89. The smallest absolute Gasteiger partial charge is 0.309 e. The summed E-state index contributed by atoms with van der Waals surface area (Å²) in [5, 5.41) is 0. The maximum atomic E-state index is 11.5. The summed E-state index contributed by atoms with van der Waals surface area (Å²) in [7, 11) is 2.65. The Bertz CT molecular complexity index is 239. The molecular formula is C11H18O5. The Balaban J connectivity index is 2.70. The van der Waals surface area contributed by atoms with Gasteiger partial charge < -0.3 is 14.2 Å². The van der Waals surface area contributed by atoms with Gasteiger partial charge in [-0.3, -0.25) is 9.59 Å². The number of esters is 2. The molecule has 0 spiro atoms. The second-order valence-electron chi connectivity index (χ2n) is 3.81. The van der Waals surface area contributed by atoms with Gasteiger partial charge in [0.25, 0.3) is 0 Å². The molecule has 1 rings (SSSR count). The minimum absolute atomic E-state index is 0.0572. The molecule has 1 saturated carbocycles. The number of rotatable bonds is 4. The summed E-state index contributed by atoms with van der Waals surface area (Å²) < 4.78 is 14.8. The van der Waals surface area contributed by atoms with Crippen molar-refractivity contribution in [3.05, 3.63) is 0 Å². The largest absolute Gasteiger partial charge is 0.469 e. The Labute approximate surface area is 95.0 Å². The highest BCUT2D eigenvalue weighted by atomic mass is 16.5. The number of ether oxygens (including phenoxy) is 3. The van der Waals surface area contributed by atoms with Crippen LogP contribution < -0.4 is 0 Å². The van der Waals surface area contributed by atoms with Crippen molar-refractivity contribution in [1.82, 2.24) is 0 Å². The lowest BCUT2D eigenvalue weighted by molar-refractivity contribution is -0.156. The molecule has 1 aliphatic rings. The maximum absolute atomic E-state index is 11.5. The molecule has 16 heavy (non-hydrogen) atoms. The second-order valence-corrected chi connectivity index (χ2v) is 3.81. The van der Waals surface area contributed by atoms with Crippen LogP contribution in [0.5, 0.6) is 0 Å². The third-order valence-corrected chi connectivity index (χ3v) is 2.93. The Kier molecular flexibility index (Phi) is 4.73. The van der Waals surface area contributed by atoms with Gasteiger partial charge >= 0.3 is 11.9 Å². The van der Waals surface area contributed by atoms with Gasteiger partial charge in [0.15, 0.2) is 0 Å².